The molecule has 0 aliphatic heterocycles. The summed E-state index contributed by atoms with van der Waals surface area (Å²) < 4.78 is 5.16. The molecular formula is C22H34O4. The number of allylic oxidation sites excluding steroid dienone is 1. The molecular weight excluding hydrogens is 328 g/mol. The van der Waals surface area contributed by atoms with Crippen molar-refractivity contribution in [2.75, 3.05) is 6.61 Å². The Morgan fingerprint density at radius 3 is 2.65 bits per heavy atom. The molecule has 2 saturated carbocycles. The molecule has 0 radical (unpaired) electrons. The smallest absolute Gasteiger partial charge is 0.333 e. The fourth-order valence-corrected chi connectivity index (χ4v) is 6.73. The first-order valence-electron chi connectivity index (χ1n) is 10.2. The van der Waals surface area contributed by atoms with E-state index in [0.29, 0.717) is 24.5 Å². The summed E-state index contributed by atoms with van der Waals surface area (Å²) in [7, 11) is 0. The normalized spacial score (nSPS) is 41.9. The Balaban J connectivity index is 2.02. The molecule has 1 unspecified atom stereocenters. The second-order valence-corrected chi connectivity index (χ2v) is 9.63. The van der Waals surface area contributed by atoms with E-state index in [2.05, 4.69) is 20.8 Å². The molecule has 5 atom stereocenters. The molecule has 0 aromatic rings. The van der Waals surface area contributed by atoms with Gasteiger partial charge < -0.3 is 14.6 Å². The van der Waals surface area contributed by atoms with Crippen LogP contribution in [0.5, 0.6) is 0 Å². The lowest BCUT2D eigenvalue weighted by molar-refractivity contribution is -0.170. The van der Waals surface area contributed by atoms with Crippen LogP contribution in [0.4, 0.5) is 0 Å². The fraction of sp³-hybridized carbons (Fsp3) is 0.818. The fourth-order valence-electron chi connectivity index (χ4n) is 6.73. The van der Waals surface area contributed by atoms with Gasteiger partial charge >= 0.3 is 5.97 Å². The Labute approximate surface area is 157 Å². The van der Waals surface area contributed by atoms with Crippen LogP contribution >= 0.6 is 0 Å². The maximum absolute atomic E-state index is 12.4. The zero-order valence-electron chi connectivity index (χ0n) is 16.7. The number of carbonyl (C=O) groups excluding carboxylic acids is 2. The van der Waals surface area contributed by atoms with Crippen LogP contribution in [0.2, 0.25) is 0 Å². The lowest BCUT2D eigenvalue weighted by Gasteiger charge is -2.62. The number of fused-ring (bicyclic) bond motifs is 3. The van der Waals surface area contributed by atoms with Gasteiger partial charge in [-0.2, -0.15) is 0 Å². The van der Waals surface area contributed by atoms with E-state index in [-0.39, 0.29) is 29.1 Å². The van der Waals surface area contributed by atoms with E-state index < -0.39 is 11.5 Å². The summed E-state index contributed by atoms with van der Waals surface area (Å²) in [6, 6.07) is 0. The van der Waals surface area contributed by atoms with Gasteiger partial charge in [-0.15, -0.1) is 0 Å². The highest BCUT2D eigenvalue weighted by Crippen LogP contribution is 2.66. The average Bonchev–Trinajstić information content (AvgIpc) is 2.72. The summed E-state index contributed by atoms with van der Waals surface area (Å²) >= 11 is 0. The van der Waals surface area contributed by atoms with Crippen molar-refractivity contribution in [3.8, 4) is 0 Å². The molecule has 146 valence electrons. The number of carbonyl (C=O) groups is 2. The Hall–Kier alpha value is -1.16. The minimum absolute atomic E-state index is 0.0164. The van der Waals surface area contributed by atoms with Crippen molar-refractivity contribution in [3.05, 3.63) is 11.6 Å². The standard InChI is InChI=1S/C22H34O4/c1-5-26-19(25)15-7-8-17-21(4)11-6-10-20(2,3)16(21)9-12-22(17,14-23)18(24)13-15/h7,14,16-18,24H,5-6,8-13H2,1-4H3/t16?,17-,18+,21+,22+/m1/s1. The highest BCUT2D eigenvalue weighted by molar-refractivity contribution is 5.88. The van der Waals surface area contributed by atoms with Crippen molar-refractivity contribution in [2.45, 2.75) is 78.7 Å². The van der Waals surface area contributed by atoms with Crippen LogP contribution in [0.1, 0.15) is 72.6 Å². The zero-order chi connectivity index (χ0) is 19.2. The van der Waals surface area contributed by atoms with Gasteiger partial charge in [-0.05, 0) is 61.7 Å². The first-order chi connectivity index (χ1) is 12.2. The van der Waals surface area contributed by atoms with Crippen LogP contribution < -0.4 is 0 Å². The van der Waals surface area contributed by atoms with Crippen molar-refractivity contribution in [1.82, 2.24) is 0 Å². The van der Waals surface area contributed by atoms with Crippen LogP contribution in [0.3, 0.4) is 0 Å². The first-order valence-corrected chi connectivity index (χ1v) is 10.2. The van der Waals surface area contributed by atoms with Gasteiger partial charge in [0, 0.05) is 12.0 Å². The molecule has 3 aliphatic carbocycles. The second kappa shape index (κ2) is 6.78. The number of hydrogen-bond donors (Lipinski definition) is 1. The molecule has 4 heteroatoms. The van der Waals surface area contributed by atoms with E-state index in [0.717, 1.165) is 32.0 Å². The number of esters is 1. The quantitative estimate of drug-likeness (QED) is 0.607. The Bertz CT molecular complexity index is 607. The third-order valence-electron chi connectivity index (χ3n) is 7.98. The summed E-state index contributed by atoms with van der Waals surface area (Å²) in [5.74, 6) is 0.274. The molecule has 0 saturated heterocycles. The van der Waals surface area contributed by atoms with Crippen molar-refractivity contribution < 1.29 is 19.4 Å². The van der Waals surface area contributed by atoms with Crippen molar-refractivity contribution in [1.29, 1.82) is 0 Å². The van der Waals surface area contributed by atoms with Crippen LogP contribution in [-0.2, 0) is 14.3 Å². The summed E-state index contributed by atoms with van der Waals surface area (Å²) in [5, 5.41) is 11.1. The largest absolute Gasteiger partial charge is 0.463 e. The Morgan fingerprint density at radius 1 is 1.27 bits per heavy atom. The third kappa shape index (κ3) is 2.85. The van der Waals surface area contributed by atoms with Crippen molar-refractivity contribution in [2.24, 2.45) is 28.1 Å². The topological polar surface area (TPSA) is 63.6 Å². The number of aldehydes is 1. The van der Waals surface area contributed by atoms with Gasteiger partial charge in [0.05, 0.1) is 18.1 Å². The molecule has 3 aliphatic rings. The van der Waals surface area contributed by atoms with Crippen molar-refractivity contribution >= 4 is 12.3 Å². The van der Waals surface area contributed by atoms with E-state index in [4.69, 9.17) is 4.74 Å². The van der Waals surface area contributed by atoms with Crippen LogP contribution in [0.15, 0.2) is 11.6 Å². The second-order valence-electron chi connectivity index (χ2n) is 9.63. The molecule has 0 spiro atoms. The molecule has 4 nitrogen and oxygen atoms in total. The predicted octanol–water partition coefficient (Wildman–Crippen LogP) is 4.06. The Morgan fingerprint density at radius 2 is 2.00 bits per heavy atom. The number of rotatable bonds is 3. The van der Waals surface area contributed by atoms with E-state index in [9.17, 15) is 14.7 Å². The molecule has 0 bridgehead atoms. The predicted molar refractivity (Wildman–Crippen MR) is 100 cm³/mol. The van der Waals surface area contributed by atoms with Gasteiger partial charge in [-0.25, -0.2) is 4.79 Å². The van der Waals surface area contributed by atoms with E-state index >= 15 is 0 Å². The molecule has 3 rings (SSSR count). The number of ether oxygens (including phenoxy) is 1. The maximum atomic E-state index is 12.4. The third-order valence-corrected chi connectivity index (χ3v) is 7.98. The zero-order valence-corrected chi connectivity index (χ0v) is 16.7. The maximum Gasteiger partial charge on any atom is 0.333 e. The SMILES string of the molecule is CCOC(=O)C1=CC[C@H]2[C@@](C=O)(CCC3C(C)(C)CCC[C@@]32C)[C@@H](O)C1. The summed E-state index contributed by atoms with van der Waals surface area (Å²) in [6.07, 6.45) is 8.23. The number of hydrogen-bond acceptors (Lipinski definition) is 4. The monoisotopic (exact) mass is 362 g/mol. The van der Waals surface area contributed by atoms with Gasteiger partial charge in [0.25, 0.3) is 0 Å². The molecule has 0 aromatic heterocycles. The average molecular weight is 363 g/mol. The summed E-state index contributed by atoms with van der Waals surface area (Å²) in [6.45, 7) is 9.15. The van der Waals surface area contributed by atoms with Crippen LogP contribution in [0.25, 0.3) is 0 Å². The number of aliphatic hydroxyl groups excluding tert-OH is 1. The molecule has 0 amide bonds. The van der Waals surface area contributed by atoms with Gasteiger partial charge in [0.15, 0.2) is 0 Å². The molecule has 2 fully saturated rings. The molecule has 0 heterocycles. The highest BCUT2D eigenvalue weighted by Gasteiger charge is 2.62. The minimum Gasteiger partial charge on any atom is -0.463 e. The lowest BCUT2D eigenvalue weighted by atomic mass is 9.42. The number of aliphatic hydroxyl groups is 1. The van der Waals surface area contributed by atoms with E-state index in [1.165, 1.54) is 6.42 Å². The Kier molecular flexibility index (Phi) is 5.11. The van der Waals surface area contributed by atoms with E-state index in [1.807, 2.05) is 6.08 Å². The molecule has 0 aromatic carbocycles. The van der Waals surface area contributed by atoms with Gasteiger partial charge in [-0.3, -0.25) is 0 Å². The van der Waals surface area contributed by atoms with Crippen LogP contribution in [-0.4, -0.2) is 30.1 Å². The van der Waals surface area contributed by atoms with Gasteiger partial charge in [0.1, 0.15) is 6.29 Å². The van der Waals surface area contributed by atoms with Crippen molar-refractivity contribution in [3.63, 3.8) is 0 Å². The highest BCUT2D eigenvalue weighted by atomic mass is 16.5. The van der Waals surface area contributed by atoms with Gasteiger partial charge in [0.2, 0.25) is 0 Å². The first kappa shape index (κ1) is 19.6. The summed E-state index contributed by atoms with van der Waals surface area (Å²) in [5.41, 5.74) is 0.0593. The minimum atomic E-state index is -0.814. The van der Waals surface area contributed by atoms with E-state index in [1.54, 1.807) is 6.92 Å². The molecule has 26 heavy (non-hydrogen) atoms. The van der Waals surface area contributed by atoms with Crippen LogP contribution in [0, 0.1) is 28.1 Å². The lowest BCUT2D eigenvalue weighted by Crippen LogP contribution is -2.59. The summed E-state index contributed by atoms with van der Waals surface area (Å²) in [4.78, 5) is 24.6. The molecule has 1 N–H and O–H groups in total. The van der Waals surface area contributed by atoms with Gasteiger partial charge in [-0.1, -0.05) is 33.3 Å².